The van der Waals surface area contributed by atoms with Gasteiger partial charge in [-0.3, -0.25) is 4.79 Å². The van der Waals surface area contributed by atoms with Crippen LogP contribution in [0.1, 0.15) is 17.9 Å². The van der Waals surface area contributed by atoms with Crippen molar-refractivity contribution in [3.63, 3.8) is 0 Å². The van der Waals surface area contributed by atoms with Crippen LogP contribution in [0.2, 0.25) is 5.02 Å². The number of carbonyl (C=O) groups is 1. The third-order valence-electron chi connectivity index (χ3n) is 2.93. The minimum atomic E-state index is -1.02. The molecule has 1 fully saturated rings. The largest absolute Gasteiger partial charge is 0.508 e. The number of benzene rings is 1. The summed E-state index contributed by atoms with van der Waals surface area (Å²) in [5.41, 5.74) is 5.45. The van der Waals surface area contributed by atoms with Crippen LogP contribution in [0.4, 0.5) is 0 Å². The van der Waals surface area contributed by atoms with Crippen LogP contribution < -0.4 is 5.73 Å². The molecule has 1 saturated carbocycles. The monoisotopic (exact) mass is 241 g/mol. The standard InChI is InChI=1S/C11H12ClNO3/c1-16-10(15)11(13)5-8(11)7-4-6(12)2-3-9(7)14/h2-4,8,14H,5,13H2,1H3. The Morgan fingerprint density at radius 3 is 3.00 bits per heavy atom. The summed E-state index contributed by atoms with van der Waals surface area (Å²) >= 11 is 5.83. The van der Waals surface area contributed by atoms with E-state index in [1.807, 2.05) is 0 Å². The van der Waals surface area contributed by atoms with E-state index in [1.54, 1.807) is 12.1 Å². The molecule has 3 N–H and O–H groups in total. The summed E-state index contributed by atoms with van der Waals surface area (Å²) in [6, 6.07) is 4.70. The highest BCUT2D eigenvalue weighted by molar-refractivity contribution is 6.30. The lowest BCUT2D eigenvalue weighted by Gasteiger charge is -2.10. The molecule has 2 unspecified atom stereocenters. The third kappa shape index (κ3) is 1.64. The van der Waals surface area contributed by atoms with Gasteiger partial charge in [0.25, 0.3) is 0 Å². The Kier molecular flexibility index (Phi) is 2.56. The van der Waals surface area contributed by atoms with E-state index in [1.165, 1.54) is 13.2 Å². The zero-order chi connectivity index (χ0) is 11.9. The van der Waals surface area contributed by atoms with E-state index in [9.17, 15) is 9.90 Å². The lowest BCUT2D eigenvalue weighted by molar-refractivity contribution is -0.143. The highest BCUT2D eigenvalue weighted by atomic mass is 35.5. The van der Waals surface area contributed by atoms with E-state index >= 15 is 0 Å². The third-order valence-corrected chi connectivity index (χ3v) is 3.17. The summed E-state index contributed by atoms with van der Waals surface area (Å²) in [4.78, 5) is 11.4. The Bertz CT molecular complexity index is 449. The van der Waals surface area contributed by atoms with Crippen molar-refractivity contribution in [3.05, 3.63) is 28.8 Å². The molecule has 86 valence electrons. The quantitative estimate of drug-likeness (QED) is 0.768. The SMILES string of the molecule is COC(=O)C1(N)CC1c1cc(Cl)ccc1O. The summed E-state index contributed by atoms with van der Waals surface area (Å²) in [6.45, 7) is 0. The van der Waals surface area contributed by atoms with Crippen LogP contribution in [0.15, 0.2) is 18.2 Å². The van der Waals surface area contributed by atoms with E-state index < -0.39 is 11.5 Å². The number of nitrogens with two attached hydrogens (primary N) is 1. The number of ether oxygens (including phenoxy) is 1. The minimum absolute atomic E-state index is 0.102. The van der Waals surface area contributed by atoms with Gasteiger partial charge >= 0.3 is 5.97 Å². The van der Waals surface area contributed by atoms with Gasteiger partial charge in [0, 0.05) is 16.5 Å². The molecule has 4 nitrogen and oxygen atoms in total. The van der Waals surface area contributed by atoms with E-state index in [4.69, 9.17) is 17.3 Å². The maximum Gasteiger partial charge on any atom is 0.326 e. The molecule has 2 atom stereocenters. The fourth-order valence-corrected chi connectivity index (χ4v) is 2.07. The van der Waals surface area contributed by atoms with Crippen LogP contribution in [0.5, 0.6) is 5.75 Å². The number of esters is 1. The number of phenols is 1. The first-order valence-electron chi connectivity index (χ1n) is 4.84. The zero-order valence-corrected chi connectivity index (χ0v) is 9.49. The Labute approximate surface area is 98.0 Å². The van der Waals surface area contributed by atoms with Gasteiger partial charge in [-0.2, -0.15) is 0 Å². The van der Waals surface area contributed by atoms with Gasteiger partial charge in [0.1, 0.15) is 11.3 Å². The second-order valence-electron chi connectivity index (χ2n) is 3.99. The highest BCUT2D eigenvalue weighted by Gasteiger charge is 2.59. The number of hydrogen-bond acceptors (Lipinski definition) is 4. The molecule has 0 bridgehead atoms. The second-order valence-corrected chi connectivity index (χ2v) is 4.43. The van der Waals surface area contributed by atoms with Gasteiger partial charge in [0.15, 0.2) is 0 Å². The van der Waals surface area contributed by atoms with Crippen molar-refractivity contribution in [1.29, 1.82) is 0 Å². The number of halogens is 1. The fourth-order valence-electron chi connectivity index (χ4n) is 1.89. The molecule has 16 heavy (non-hydrogen) atoms. The summed E-state index contributed by atoms with van der Waals surface area (Å²) in [7, 11) is 1.30. The van der Waals surface area contributed by atoms with Crippen molar-refractivity contribution < 1.29 is 14.6 Å². The Balaban J connectivity index is 2.29. The smallest absolute Gasteiger partial charge is 0.326 e. The van der Waals surface area contributed by atoms with Gasteiger partial charge in [0.05, 0.1) is 7.11 Å². The van der Waals surface area contributed by atoms with Gasteiger partial charge in [-0.1, -0.05) is 11.6 Å². The molecule has 1 aromatic rings. The summed E-state index contributed by atoms with van der Waals surface area (Å²) < 4.78 is 4.62. The molecule has 2 rings (SSSR count). The van der Waals surface area contributed by atoms with Crippen molar-refractivity contribution >= 4 is 17.6 Å². The number of aromatic hydroxyl groups is 1. The number of phenolic OH excluding ortho intramolecular Hbond substituents is 1. The van der Waals surface area contributed by atoms with Crippen LogP contribution in [0, 0.1) is 0 Å². The molecule has 5 heteroatoms. The average molecular weight is 242 g/mol. The molecule has 0 spiro atoms. The van der Waals surface area contributed by atoms with Crippen LogP contribution >= 0.6 is 11.6 Å². The zero-order valence-electron chi connectivity index (χ0n) is 8.74. The number of hydrogen-bond donors (Lipinski definition) is 2. The summed E-state index contributed by atoms with van der Waals surface area (Å²) in [5, 5.41) is 10.2. The number of carbonyl (C=O) groups excluding carboxylic acids is 1. The maximum absolute atomic E-state index is 11.4. The fraction of sp³-hybridized carbons (Fsp3) is 0.364. The van der Waals surface area contributed by atoms with Gasteiger partial charge in [0.2, 0.25) is 0 Å². The van der Waals surface area contributed by atoms with Crippen LogP contribution in [0.25, 0.3) is 0 Å². The van der Waals surface area contributed by atoms with Gasteiger partial charge in [-0.15, -0.1) is 0 Å². The van der Waals surface area contributed by atoms with Crippen LogP contribution in [-0.4, -0.2) is 23.7 Å². The molecule has 0 saturated heterocycles. The Morgan fingerprint density at radius 1 is 1.69 bits per heavy atom. The topological polar surface area (TPSA) is 72.5 Å². The lowest BCUT2D eigenvalue weighted by Crippen LogP contribution is -2.35. The predicted molar refractivity (Wildman–Crippen MR) is 59.4 cm³/mol. The molecule has 0 heterocycles. The van der Waals surface area contributed by atoms with E-state index in [0.717, 1.165) is 0 Å². The van der Waals surface area contributed by atoms with Gasteiger partial charge < -0.3 is 15.6 Å². The first-order chi connectivity index (χ1) is 7.49. The van der Waals surface area contributed by atoms with E-state index in [0.29, 0.717) is 17.0 Å². The first-order valence-corrected chi connectivity index (χ1v) is 5.22. The van der Waals surface area contributed by atoms with Crippen molar-refractivity contribution in [2.75, 3.05) is 7.11 Å². The van der Waals surface area contributed by atoms with Crippen LogP contribution in [0.3, 0.4) is 0 Å². The molecule has 0 radical (unpaired) electrons. The molecule has 0 aromatic heterocycles. The van der Waals surface area contributed by atoms with Crippen molar-refractivity contribution in [1.82, 2.24) is 0 Å². The lowest BCUT2D eigenvalue weighted by atomic mass is 10.1. The van der Waals surface area contributed by atoms with Crippen molar-refractivity contribution in [3.8, 4) is 5.75 Å². The Morgan fingerprint density at radius 2 is 2.38 bits per heavy atom. The first kappa shape index (κ1) is 11.2. The molecule has 1 aliphatic rings. The van der Waals surface area contributed by atoms with Crippen molar-refractivity contribution in [2.24, 2.45) is 5.73 Å². The maximum atomic E-state index is 11.4. The Hall–Kier alpha value is -1.26. The van der Waals surface area contributed by atoms with E-state index in [-0.39, 0.29) is 11.7 Å². The second kappa shape index (κ2) is 3.64. The highest BCUT2D eigenvalue weighted by Crippen LogP contribution is 2.52. The molecule has 1 aliphatic carbocycles. The van der Waals surface area contributed by atoms with E-state index in [2.05, 4.69) is 4.74 Å². The van der Waals surface area contributed by atoms with Crippen molar-refractivity contribution in [2.45, 2.75) is 17.9 Å². The molecule has 0 aliphatic heterocycles. The van der Waals surface area contributed by atoms with Gasteiger partial charge in [-0.05, 0) is 24.6 Å². The molecule has 1 aromatic carbocycles. The van der Waals surface area contributed by atoms with Crippen LogP contribution in [-0.2, 0) is 9.53 Å². The molecule has 0 amide bonds. The molecular weight excluding hydrogens is 230 g/mol. The number of rotatable bonds is 2. The predicted octanol–water partition coefficient (Wildman–Crippen LogP) is 1.40. The average Bonchev–Trinajstić information content (AvgIpc) is 2.94. The minimum Gasteiger partial charge on any atom is -0.508 e. The normalized spacial score (nSPS) is 27.6. The molecular formula is C11H12ClNO3. The number of methoxy groups -OCH3 is 1. The van der Waals surface area contributed by atoms with Gasteiger partial charge in [-0.25, -0.2) is 0 Å². The summed E-state index contributed by atoms with van der Waals surface area (Å²) in [6.07, 6.45) is 0.466. The summed E-state index contributed by atoms with van der Waals surface area (Å²) in [5.74, 6) is -0.582.